The zero-order chi connectivity index (χ0) is 11.5. The maximum absolute atomic E-state index is 6.05. The molecular weight excluding hydrogens is 288 g/mol. The van der Waals surface area contributed by atoms with Crippen LogP contribution in [0.1, 0.15) is 13.3 Å². The zero-order valence-electron chi connectivity index (χ0n) is 9.34. The molecule has 16 heavy (non-hydrogen) atoms. The predicted octanol–water partition coefficient (Wildman–Crippen LogP) is 3.29. The quantitative estimate of drug-likeness (QED) is 0.856. The molecular formula is C12H16BrClN2. The van der Waals surface area contributed by atoms with E-state index in [1.165, 1.54) is 12.1 Å². The van der Waals surface area contributed by atoms with E-state index in [4.69, 9.17) is 11.6 Å². The number of benzene rings is 1. The summed E-state index contributed by atoms with van der Waals surface area (Å²) in [6.45, 7) is 5.42. The van der Waals surface area contributed by atoms with Crippen LogP contribution in [-0.2, 0) is 0 Å². The number of hydrogen-bond donors (Lipinski definition) is 1. The Bertz CT molecular complexity index is 370. The van der Waals surface area contributed by atoms with Crippen LogP contribution in [0.5, 0.6) is 0 Å². The van der Waals surface area contributed by atoms with E-state index in [1.807, 2.05) is 18.2 Å². The summed E-state index contributed by atoms with van der Waals surface area (Å²) < 4.78 is 1.12. The van der Waals surface area contributed by atoms with Gasteiger partial charge in [0.1, 0.15) is 0 Å². The van der Waals surface area contributed by atoms with Gasteiger partial charge in [-0.2, -0.15) is 0 Å². The van der Waals surface area contributed by atoms with Gasteiger partial charge in [0.2, 0.25) is 0 Å². The first-order valence-electron chi connectivity index (χ1n) is 5.60. The van der Waals surface area contributed by atoms with E-state index in [9.17, 15) is 0 Å². The van der Waals surface area contributed by atoms with Crippen LogP contribution in [0.25, 0.3) is 0 Å². The maximum atomic E-state index is 6.05. The van der Waals surface area contributed by atoms with Gasteiger partial charge in [0, 0.05) is 28.6 Å². The Labute approximate surface area is 110 Å². The lowest BCUT2D eigenvalue weighted by Gasteiger charge is -2.26. The molecule has 1 unspecified atom stereocenters. The van der Waals surface area contributed by atoms with Crippen molar-refractivity contribution in [3.63, 3.8) is 0 Å². The number of nitrogens with zero attached hydrogens (tertiary/aromatic N) is 1. The van der Waals surface area contributed by atoms with Crippen molar-refractivity contribution >= 4 is 33.2 Å². The fraction of sp³-hybridized carbons (Fsp3) is 0.500. The van der Waals surface area contributed by atoms with Crippen molar-refractivity contribution in [2.75, 3.05) is 24.5 Å². The monoisotopic (exact) mass is 302 g/mol. The average Bonchev–Trinajstić information content (AvgIpc) is 2.46. The Kier molecular flexibility index (Phi) is 4.11. The Morgan fingerprint density at radius 3 is 3.12 bits per heavy atom. The molecule has 1 aromatic rings. The summed E-state index contributed by atoms with van der Waals surface area (Å²) in [4.78, 5) is 2.39. The van der Waals surface area contributed by atoms with Gasteiger partial charge < -0.3 is 10.2 Å². The number of rotatable bonds is 1. The Hall–Kier alpha value is -0.250. The summed E-state index contributed by atoms with van der Waals surface area (Å²) in [6, 6.07) is 6.48. The minimum absolute atomic E-state index is 0.522. The second-order valence-electron chi connectivity index (χ2n) is 4.25. The average molecular weight is 304 g/mol. The summed E-state index contributed by atoms with van der Waals surface area (Å²) >= 11 is 9.64. The van der Waals surface area contributed by atoms with Gasteiger partial charge >= 0.3 is 0 Å². The second-order valence-corrected chi connectivity index (χ2v) is 5.54. The molecule has 4 heteroatoms. The van der Waals surface area contributed by atoms with Crippen LogP contribution in [0, 0.1) is 0 Å². The molecule has 1 saturated heterocycles. The van der Waals surface area contributed by atoms with Crippen LogP contribution in [-0.4, -0.2) is 25.7 Å². The van der Waals surface area contributed by atoms with Crippen molar-refractivity contribution in [2.45, 2.75) is 19.4 Å². The predicted molar refractivity (Wildman–Crippen MR) is 73.4 cm³/mol. The molecule has 1 atom stereocenters. The van der Waals surface area contributed by atoms with Crippen LogP contribution in [0.4, 0.5) is 5.69 Å². The summed E-state index contributed by atoms with van der Waals surface area (Å²) in [5.74, 6) is 0. The topological polar surface area (TPSA) is 15.3 Å². The Morgan fingerprint density at radius 1 is 1.50 bits per heavy atom. The van der Waals surface area contributed by atoms with Gasteiger partial charge in [0.25, 0.3) is 0 Å². The van der Waals surface area contributed by atoms with Crippen LogP contribution in [0.2, 0.25) is 5.02 Å². The molecule has 1 heterocycles. The minimum atomic E-state index is 0.522. The first-order chi connectivity index (χ1) is 7.66. The highest BCUT2D eigenvalue weighted by atomic mass is 79.9. The molecule has 88 valence electrons. The lowest BCUT2D eigenvalue weighted by atomic mass is 10.2. The van der Waals surface area contributed by atoms with E-state index >= 15 is 0 Å². The maximum Gasteiger partial charge on any atom is 0.0526 e. The van der Waals surface area contributed by atoms with E-state index < -0.39 is 0 Å². The molecule has 1 aromatic carbocycles. The number of anilines is 1. The lowest BCUT2D eigenvalue weighted by Crippen LogP contribution is -2.35. The van der Waals surface area contributed by atoms with Crippen molar-refractivity contribution in [2.24, 2.45) is 0 Å². The molecule has 0 amide bonds. The molecule has 0 aliphatic carbocycles. The van der Waals surface area contributed by atoms with Gasteiger partial charge in [-0.25, -0.2) is 0 Å². The van der Waals surface area contributed by atoms with Crippen molar-refractivity contribution in [3.05, 3.63) is 27.7 Å². The molecule has 0 bridgehead atoms. The number of halogens is 2. The van der Waals surface area contributed by atoms with Gasteiger partial charge in [-0.15, -0.1) is 0 Å². The highest BCUT2D eigenvalue weighted by Crippen LogP contribution is 2.30. The molecule has 0 spiro atoms. The lowest BCUT2D eigenvalue weighted by molar-refractivity contribution is 0.584. The Morgan fingerprint density at radius 2 is 2.31 bits per heavy atom. The van der Waals surface area contributed by atoms with Crippen molar-refractivity contribution in [1.82, 2.24) is 5.32 Å². The summed E-state index contributed by atoms with van der Waals surface area (Å²) in [5.41, 5.74) is 1.20. The second kappa shape index (κ2) is 5.39. The van der Waals surface area contributed by atoms with Crippen LogP contribution >= 0.6 is 27.5 Å². The van der Waals surface area contributed by atoms with Crippen LogP contribution in [0.3, 0.4) is 0 Å². The fourth-order valence-electron chi connectivity index (χ4n) is 2.05. The van der Waals surface area contributed by atoms with Crippen LogP contribution < -0.4 is 10.2 Å². The van der Waals surface area contributed by atoms with Gasteiger partial charge in [-0.3, -0.25) is 0 Å². The molecule has 1 aliphatic heterocycles. The summed E-state index contributed by atoms with van der Waals surface area (Å²) in [5, 5.41) is 4.28. The minimum Gasteiger partial charge on any atom is -0.369 e. The SMILES string of the molecule is CC1CN(c2cc(Cl)ccc2Br)CCCN1. The fourth-order valence-corrected chi connectivity index (χ4v) is 2.72. The van der Waals surface area contributed by atoms with Crippen LogP contribution in [0.15, 0.2) is 22.7 Å². The van der Waals surface area contributed by atoms with E-state index in [-0.39, 0.29) is 0 Å². The Balaban J connectivity index is 2.24. The third kappa shape index (κ3) is 2.90. The van der Waals surface area contributed by atoms with E-state index in [0.717, 1.165) is 29.1 Å². The van der Waals surface area contributed by atoms with Gasteiger partial charge in [-0.1, -0.05) is 11.6 Å². The van der Waals surface area contributed by atoms with Crippen molar-refractivity contribution < 1.29 is 0 Å². The molecule has 2 rings (SSSR count). The largest absolute Gasteiger partial charge is 0.369 e. The molecule has 2 nitrogen and oxygen atoms in total. The normalized spacial score (nSPS) is 21.9. The van der Waals surface area contributed by atoms with E-state index in [1.54, 1.807) is 0 Å². The smallest absolute Gasteiger partial charge is 0.0526 e. The van der Waals surface area contributed by atoms with E-state index in [0.29, 0.717) is 6.04 Å². The zero-order valence-corrected chi connectivity index (χ0v) is 11.7. The number of nitrogens with one attached hydrogen (secondary N) is 1. The molecule has 0 aromatic heterocycles. The summed E-state index contributed by atoms with van der Waals surface area (Å²) in [6.07, 6.45) is 1.17. The number of hydrogen-bond acceptors (Lipinski definition) is 2. The van der Waals surface area contributed by atoms with Gasteiger partial charge in [0.15, 0.2) is 0 Å². The van der Waals surface area contributed by atoms with Gasteiger partial charge in [0.05, 0.1) is 5.69 Å². The molecule has 0 saturated carbocycles. The van der Waals surface area contributed by atoms with E-state index in [2.05, 4.69) is 33.1 Å². The standard InChI is InChI=1S/C12H16BrClN2/c1-9-8-16(6-2-5-15-9)12-7-10(14)3-4-11(12)13/h3-4,7,9,15H,2,5-6,8H2,1H3. The highest BCUT2D eigenvalue weighted by molar-refractivity contribution is 9.10. The van der Waals surface area contributed by atoms with Crippen molar-refractivity contribution in [3.8, 4) is 0 Å². The van der Waals surface area contributed by atoms with Gasteiger partial charge in [-0.05, 0) is 54.0 Å². The first-order valence-corrected chi connectivity index (χ1v) is 6.77. The highest BCUT2D eigenvalue weighted by Gasteiger charge is 2.16. The molecule has 1 N–H and O–H groups in total. The molecule has 0 radical (unpaired) electrons. The summed E-state index contributed by atoms with van der Waals surface area (Å²) in [7, 11) is 0. The van der Waals surface area contributed by atoms with Crippen molar-refractivity contribution in [1.29, 1.82) is 0 Å². The molecule has 1 fully saturated rings. The first kappa shape index (κ1) is 12.2. The third-order valence-electron chi connectivity index (χ3n) is 2.84. The molecule has 1 aliphatic rings. The third-order valence-corrected chi connectivity index (χ3v) is 3.75.